The molecule has 0 aliphatic carbocycles. The molecule has 1 atom stereocenters. The average Bonchev–Trinajstić information content (AvgIpc) is 2.36. The Morgan fingerprint density at radius 3 is 2.45 bits per heavy atom. The van der Waals surface area contributed by atoms with Gasteiger partial charge in [0.15, 0.2) is 0 Å². The summed E-state index contributed by atoms with van der Waals surface area (Å²) in [7, 11) is 0. The molecular weight excluding hydrogens is 297 g/mol. The largest absolute Gasteiger partial charge is 0.356 e. The van der Waals surface area contributed by atoms with Gasteiger partial charge < -0.3 is 16.0 Å². The first-order valence-electron chi connectivity index (χ1n) is 7.36. The van der Waals surface area contributed by atoms with Crippen LogP contribution in [0, 0.1) is 5.92 Å². The molecule has 1 fully saturated rings. The highest BCUT2D eigenvalue weighted by Crippen LogP contribution is 2.16. The van der Waals surface area contributed by atoms with Crippen LogP contribution < -0.4 is 11.1 Å². The average molecular weight is 328 g/mol. The molecule has 122 valence electrons. The normalized spacial score (nSPS) is 17.8. The van der Waals surface area contributed by atoms with Crippen LogP contribution in [0.2, 0.25) is 0 Å². The van der Waals surface area contributed by atoms with Gasteiger partial charge in [-0.2, -0.15) is 0 Å². The van der Waals surface area contributed by atoms with E-state index < -0.39 is 0 Å². The van der Waals surface area contributed by atoms with Gasteiger partial charge in [0.25, 0.3) is 0 Å². The van der Waals surface area contributed by atoms with Gasteiger partial charge >= 0.3 is 0 Å². The number of nitrogens with two attached hydrogens (primary N) is 1. The zero-order valence-corrected chi connectivity index (χ0v) is 14.4. The Morgan fingerprint density at radius 2 is 1.95 bits per heavy atom. The summed E-state index contributed by atoms with van der Waals surface area (Å²) in [6, 6.07) is 0.119. The van der Waals surface area contributed by atoms with Crippen LogP contribution in [0.15, 0.2) is 0 Å². The summed E-state index contributed by atoms with van der Waals surface area (Å²) in [6.45, 7) is 8.61. The van der Waals surface area contributed by atoms with E-state index in [0.29, 0.717) is 12.3 Å². The van der Waals surface area contributed by atoms with Crippen molar-refractivity contribution in [1.29, 1.82) is 0 Å². The molecule has 1 unspecified atom stereocenters. The van der Waals surface area contributed by atoms with Gasteiger partial charge in [0.05, 0.1) is 0 Å². The quantitative estimate of drug-likeness (QED) is 0.753. The molecule has 0 spiro atoms. The number of nitrogens with zero attached hydrogens (tertiary/aromatic N) is 1. The van der Waals surface area contributed by atoms with Crippen LogP contribution in [0.25, 0.3) is 0 Å². The molecule has 1 amide bonds. The number of carbonyl (C=O) groups excluding carboxylic acids is 1. The lowest BCUT2D eigenvalue weighted by Crippen LogP contribution is -2.39. The summed E-state index contributed by atoms with van der Waals surface area (Å²) in [5.74, 6) is 0.820. The predicted molar refractivity (Wildman–Crippen MR) is 89.8 cm³/mol. The number of rotatable bonds is 7. The first-order valence-corrected chi connectivity index (χ1v) is 7.36. The third-order valence-corrected chi connectivity index (χ3v) is 3.66. The van der Waals surface area contributed by atoms with Crippen molar-refractivity contribution in [2.45, 2.75) is 52.0 Å². The predicted octanol–water partition coefficient (Wildman–Crippen LogP) is 2.20. The molecule has 6 heteroatoms. The zero-order chi connectivity index (χ0) is 13.4. The van der Waals surface area contributed by atoms with Crippen molar-refractivity contribution in [3.05, 3.63) is 0 Å². The molecule has 1 saturated heterocycles. The standard InChI is InChI=1S/C14H29N3O.2ClH/c1-3-8-17-9-6-13(7-10-17)11-16-14(18)5-4-12(2)15;;/h12-13H,3-11,15H2,1-2H3,(H,16,18);2*1H. The maximum Gasteiger partial charge on any atom is 0.220 e. The Bertz CT molecular complexity index is 245. The smallest absolute Gasteiger partial charge is 0.220 e. The van der Waals surface area contributed by atoms with Crippen LogP contribution in [0.3, 0.4) is 0 Å². The van der Waals surface area contributed by atoms with Gasteiger partial charge in [-0.15, -0.1) is 24.8 Å². The van der Waals surface area contributed by atoms with Crippen LogP contribution in [0.4, 0.5) is 0 Å². The summed E-state index contributed by atoms with van der Waals surface area (Å²) in [4.78, 5) is 14.1. The molecule has 3 N–H and O–H groups in total. The fourth-order valence-electron chi connectivity index (χ4n) is 2.44. The monoisotopic (exact) mass is 327 g/mol. The fraction of sp³-hybridized carbons (Fsp3) is 0.929. The molecule has 4 nitrogen and oxygen atoms in total. The molecule has 0 radical (unpaired) electrons. The van der Waals surface area contributed by atoms with Crippen LogP contribution in [0.5, 0.6) is 0 Å². The van der Waals surface area contributed by atoms with Gasteiger partial charge in [0, 0.05) is 19.0 Å². The lowest BCUT2D eigenvalue weighted by Gasteiger charge is -2.31. The van der Waals surface area contributed by atoms with E-state index >= 15 is 0 Å². The minimum absolute atomic E-state index is 0. The number of hydrogen-bond donors (Lipinski definition) is 2. The number of piperidine rings is 1. The Labute approximate surface area is 136 Å². The van der Waals surface area contributed by atoms with Crippen molar-refractivity contribution in [3.8, 4) is 0 Å². The van der Waals surface area contributed by atoms with Crippen LogP contribution >= 0.6 is 24.8 Å². The highest BCUT2D eigenvalue weighted by molar-refractivity contribution is 5.85. The van der Waals surface area contributed by atoms with E-state index in [9.17, 15) is 4.79 Å². The number of carbonyl (C=O) groups is 1. The van der Waals surface area contributed by atoms with E-state index in [1.54, 1.807) is 0 Å². The molecule has 0 bridgehead atoms. The highest BCUT2D eigenvalue weighted by atomic mass is 35.5. The molecule has 1 rings (SSSR count). The van der Waals surface area contributed by atoms with Gasteiger partial charge in [-0.3, -0.25) is 4.79 Å². The van der Waals surface area contributed by atoms with E-state index in [1.165, 1.54) is 38.9 Å². The first kappa shape index (κ1) is 22.3. The molecule has 1 heterocycles. The molecular formula is C14H31Cl2N3O. The summed E-state index contributed by atoms with van der Waals surface area (Å²) in [5.41, 5.74) is 5.64. The second kappa shape index (κ2) is 12.7. The van der Waals surface area contributed by atoms with Crippen molar-refractivity contribution in [2.75, 3.05) is 26.2 Å². The number of amides is 1. The van der Waals surface area contributed by atoms with Gasteiger partial charge in [-0.25, -0.2) is 0 Å². The Balaban J connectivity index is 0. The van der Waals surface area contributed by atoms with Crippen molar-refractivity contribution in [2.24, 2.45) is 11.7 Å². The van der Waals surface area contributed by atoms with E-state index in [-0.39, 0.29) is 36.8 Å². The molecule has 20 heavy (non-hydrogen) atoms. The molecule has 0 aromatic carbocycles. The number of likely N-dealkylation sites (tertiary alicyclic amines) is 1. The van der Waals surface area contributed by atoms with E-state index in [4.69, 9.17) is 5.73 Å². The van der Waals surface area contributed by atoms with Gasteiger partial charge in [-0.1, -0.05) is 6.92 Å². The number of nitrogens with one attached hydrogen (secondary N) is 1. The van der Waals surface area contributed by atoms with Gasteiger partial charge in [0.2, 0.25) is 5.91 Å². The van der Waals surface area contributed by atoms with Crippen molar-refractivity contribution >= 4 is 30.7 Å². The summed E-state index contributed by atoms with van der Waals surface area (Å²) in [5, 5.41) is 3.04. The van der Waals surface area contributed by atoms with Crippen molar-refractivity contribution in [1.82, 2.24) is 10.2 Å². The van der Waals surface area contributed by atoms with Gasteiger partial charge in [0.1, 0.15) is 0 Å². The summed E-state index contributed by atoms with van der Waals surface area (Å²) in [6.07, 6.45) is 5.01. The number of hydrogen-bond acceptors (Lipinski definition) is 3. The zero-order valence-electron chi connectivity index (χ0n) is 12.8. The SMILES string of the molecule is CCCN1CCC(CNC(=O)CCC(C)N)CC1.Cl.Cl. The Kier molecular flexibility index (Phi) is 14.1. The van der Waals surface area contributed by atoms with E-state index in [2.05, 4.69) is 17.1 Å². The Hall–Kier alpha value is -0.0300. The minimum atomic E-state index is 0. The fourth-order valence-corrected chi connectivity index (χ4v) is 2.44. The van der Waals surface area contributed by atoms with Crippen LogP contribution in [0.1, 0.15) is 46.0 Å². The van der Waals surface area contributed by atoms with Crippen molar-refractivity contribution < 1.29 is 4.79 Å². The maximum absolute atomic E-state index is 11.6. The molecule has 1 aliphatic heterocycles. The van der Waals surface area contributed by atoms with E-state index in [1.807, 2.05) is 6.92 Å². The molecule has 1 aliphatic rings. The minimum Gasteiger partial charge on any atom is -0.356 e. The third-order valence-electron chi connectivity index (χ3n) is 3.66. The van der Waals surface area contributed by atoms with Crippen LogP contribution in [-0.2, 0) is 4.79 Å². The first-order chi connectivity index (χ1) is 8.61. The summed E-state index contributed by atoms with van der Waals surface area (Å²) < 4.78 is 0. The van der Waals surface area contributed by atoms with E-state index in [0.717, 1.165) is 13.0 Å². The lowest BCUT2D eigenvalue weighted by molar-refractivity contribution is -0.121. The molecule has 0 saturated carbocycles. The van der Waals surface area contributed by atoms with Gasteiger partial charge in [-0.05, 0) is 58.2 Å². The molecule has 0 aromatic rings. The second-order valence-corrected chi connectivity index (χ2v) is 5.61. The van der Waals surface area contributed by atoms with Crippen LogP contribution in [-0.4, -0.2) is 43.0 Å². The summed E-state index contributed by atoms with van der Waals surface area (Å²) >= 11 is 0. The number of halogens is 2. The lowest BCUT2D eigenvalue weighted by atomic mass is 9.96. The highest BCUT2D eigenvalue weighted by Gasteiger charge is 2.18. The molecule has 0 aromatic heterocycles. The van der Waals surface area contributed by atoms with Crippen molar-refractivity contribution in [3.63, 3.8) is 0 Å². The Morgan fingerprint density at radius 1 is 1.35 bits per heavy atom. The topological polar surface area (TPSA) is 58.4 Å². The third kappa shape index (κ3) is 9.81. The second-order valence-electron chi connectivity index (χ2n) is 5.61. The maximum atomic E-state index is 11.6.